The zero-order valence-electron chi connectivity index (χ0n) is 12.2. The van der Waals surface area contributed by atoms with Crippen LogP contribution in [-0.2, 0) is 18.3 Å². The molecular formula is C12H22N6O2. The molecule has 0 fully saturated rings. The number of nitrogens with one attached hydrogen (secondary N) is 2. The number of urea groups is 1. The van der Waals surface area contributed by atoms with Crippen molar-refractivity contribution in [3.63, 3.8) is 0 Å². The van der Waals surface area contributed by atoms with Gasteiger partial charge in [-0.05, 0) is 6.42 Å². The van der Waals surface area contributed by atoms with Gasteiger partial charge in [-0.2, -0.15) is 5.10 Å². The summed E-state index contributed by atoms with van der Waals surface area (Å²) in [5, 5.41) is 9.31. The van der Waals surface area contributed by atoms with Gasteiger partial charge < -0.3 is 15.5 Å². The fraction of sp³-hybridized carbons (Fsp3) is 0.667. The minimum atomic E-state index is -0.149. The van der Waals surface area contributed by atoms with Gasteiger partial charge in [0, 0.05) is 47.1 Å². The van der Waals surface area contributed by atoms with Crippen molar-refractivity contribution < 1.29 is 9.59 Å². The molecule has 112 valence electrons. The summed E-state index contributed by atoms with van der Waals surface area (Å²) in [6.45, 7) is 1.05. The fourth-order valence-electron chi connectivity index (χ4n) is 1.67. The first kappa shape index (κ1) is 15.9. The van der Waals surface area contributed by atoms with Crippen LogP contribution in [0.2, 0.25) is 0 Å². The van der Waals surface area contributed by atoms with Crippen LogP contribution in [0.4, 0.5) is 4.79 Å². The number of carbonyl (C=O) groups excluding carboxylic acids is 2. The summed E-state index contributed by atoms with van der Waals surface area (Å²) in [5.41, 5.74) is 0. The molecule has 0 aliphatic heterocycles. The smallest absolute Gasteiger partial charge is 0.317 e. The van der Waals surface area contributed by atoms with Crippen molar-refractivity contribution in [3.05, 3.63) is 12.2 Å². The average Bonchev–Trinajstić information content (AvgIpc) is 2.83. The molecule has 1 aromatic rings. The van der Waals surface area contributed by atoms with Crippen molar-refractivity contribution in [3.8, 4) is 0 Å². The van der Waals surface area contributed by atoms with Gasteiger partial charge >= 0.3 is 6.03 Å². The van der Waals surface area contributed by atoms with E-state index >= 15 is 0 Å². The van der Waals surface area contributed by atoms with Gasteiger partial charge in [-0.3, -0.25) is 9.48 Å². The van der Waals surface area contributed by atoms with Gasteiger partial charge in [0.05, 0.1) is 0 Å². The van der Waals surface area contributed by atoms with Crippen LogP contribution >= 0.6 is 0 Å². The van der Waals surface area contributed by atoms with Crippen LogP contribution in [-0.4, -0.2) is 58.8 Å². The number of hydrogen-bond donors (Lipinski definition) is 2. The predicted molar refractivity (Wildman–Crippen MR) is 74.0 cm³/mol. The van der Waals surface area contributed by atoms with E-state index < -0.39 is 0 Å². The summed E-state index contributed by atoms with van der Waals surface area (Å²) in [5.74, 6) is 0.814. The third kappa shape index (κ3) is 5.25. The van der Waals surface area contributed by atoms with Crippen LogP contribution in [0.25, 0.3) is 0 Å². The topological polar surface area (TPSA) is 92.2 Å². The lowest BCUT2D eigenvalue weighted by Crippen LogP contribution is -2.39. The molecule has 0 spiro atoms. The second-order valence-corrected chi connectivity index (χ2v) is 4.48. The summed E-state index contributed by atoms with van der Waals surface area (Å²) in [6, 6.07) is -0.149. The van der Waals surface area contributed by atoms with Crippen LogP contribution in [0, 0.1) is 0 Å². The first-order chi connectivity index (χ1) is 9.54. The molecule has 0 radical (unpaired) electrons. The molecular weight excluding hydrogens is 260 g/mol. The largest absolute Gasteiger partial charge is 0.359 e. The summed E-state index contributed by atoms with van der Waals surface area (Å²) >= 11 is 0. The normalized spacial score (nSPS) is 10.2. The lowest BCUT2D eigenvalue weighted by molar-refractivity contribution is -0.120. The Labute approximate surface area is 118 Å². The van der Waals surface area contributed by atoms with E-state index in [1.165, 1.54) is 6.33 Å². The van der Waals surface area contributed by atoms with E-state index in [1.807, 2.05) is 7.05 Å². The van der Waals surface area contributed by atoms with Crippen molar-refractivity contribution in [1.82, 2.24) is 30.3 Å². The van der Waals surface area contributed by atoms with Crippen molar-refractivity contribution in [2.75, 3.05) is 27.2 Å². The molecule has 0 aromatic carbocycles. The Kier molecular flexibility index (Phi) is 6.48. The Hall–Kier alpha value is -2.12. The molecule has 3 amide bonds. The Morgan fingerprint density at radius 3 is 2.80 bits per heavy atom. The van der Waals surface area contributed by atoms with Gasteiger partial charge in [0.15, 0.2) is 0 Å². The summed E-state index contributed by atoms with van der Waals surface area (Å²) in [6.07, 6.45) is 3.19. The first-order valence-corrected chi connectivity index (χ1v) is 6.57. The maximum Gasteiger partial charge on any atom is 0.317 e. The maximum absolute atomic E-state index is 11.8. The zero-order chi connectivity index (χ0) is 15.0. The van der Waals surface area contributed by atoms with E-state index in [2.05, 4.69) is 20.7 Å². The molecule has 1 heterocycles. The highest BCUT2D eigenvalue weighted by molar-refractivity contribution is 5.76. The van der Waals surface area contributed by atoms with E-state index in [1.54, 1.807) is 23.7 Å². The lowest BCUT2D eigenvalue weighted by Gasteiger charge is -2.17. The molecule has 1 aromatic heterocycles. The van der Waals surface area contributed by atoms with Crippen LogP contribution in [0.15, 0.2) is 6.33 Å². The van der Waals surface area contributed by atoms with Crippen LogP contribution in [0.1, 0.15) is 18.7 Å². The minimum absolute atomic E-state index is 0.0129. The molecule has 8 nitrogen and oxygen atoms in total. The first-order valence-electron chi connectivity index (χ1n) is 6.57. The van der Waals surface area contributed by atoms with Gasteiger partial charge in [-0.25, -0.2) is 9.78 Å². The highest BCUT2D eigenvalue weighted by Crippen LogP contribution is 1.95. The molecule has 0 atom stereocenters. The molecule has 0 aliphatic rings. The van der Waals surface area contributed by atoms with Gasteiger partial charge in [0.25, 0.3) is 0 Å². The second-order valence-electron chi connectivity index (χ2n) is 4.48. The molecule has 0 aliphatic carbocycles. The summed E-state index contributed by atoms with van der Waals surface area (Å²) in [4.78, 5) is 28.5. The molecule has 1 rings (SSSR count). The van der Waals surface area contributed by atoms with Crippen LogP contribution < -0.4 is 10.6 Å². The van der Waals surface area contributed by atoms with E-state index in [-0.39, 0.29) is 11.9 Å². The Morgan fingerprint density at radius 2 is 2.20 bits per heavy atom. The Balaban J connectivity index is 2.18. The SMILES string of the molecule is CNC(=O)CCCN(C)C(=O)NCCc1ncnn1C. The predicted octanol–water partition coefficient (Wildman–Crippen LogP) is -0.475. The quantitative estimate of drug-likeness (QED) is 0.707. The molecule has 0 saturated carbocycles. The number of rotatable bonds is 7. The number of aromatic nitrogens is 3. The number of aryl methyl sites for hydroxylation is 1. The molecule has 2 N–H and O–H groups in total. The molecule has 0 unspecified atom stereocenters. The summed E-state index contributed by atoms with van der Waals surface area (Å²) < 4.78 is 1.68. The van der Waals surface area contributed by atoms with Crippen molar-refractivity contribution in [2.45, 2.75) is 19.3 Å². The third-order valence-electron chi connectivity index (χ3n) is 2.95. The zero-order valence-corrected chi connectivity index (χ0v) is 12.2. The summed E-state index contributed by atoms with van der Waals surface area (Å²) in [7, 11) is 5.13. The fourth-order valence-corrected chi connectivity index (χ4v) is 1.67. The molecule has 0 bridgehead atoms. The highest BCUT2D eigenvalue weighted by atomic mass is 16.2. The number of amides is 3. The van der Waals surface area contributed by atoms with Gasteiger partial charge in [-0.1, -0.05) is 0 Å². The number of hydrogen-bond acceptors (Lipinski definition) is 4. The molecule has 8 heteroatoms. The van der Waals surface area contributed by atoms with E-state index in [0.717, 1.165) is 5.82 Å². The Morgan fingerprint density at radius 1 is 1.45 bits per heavy atom. The lowest BCUT2D eigenvalue weighted by atomic mass is 10.3. The Bertz CT molecular complexity index is 445. The molecule has 20 heavy (non-hydrogen) atoms. The second kappa shape index (κ2) is 8.13. The van der Waals surface area contributed by atoms with Gasteiger partial charge in [0.1, 0.15) is 12.2 Å². The van der Waals surface area contributed by atoms with Crippen molar-refractivity contribution >= 4 is 11.9 Å². The molecule has 0 saturated heterocycles. The van der Waals surface area contributed by atoms with Crippen molar-refractivity contribution in [1.29, 1.82) is 0 Å². The monoisotopic (exact) mass is 282 g/mol. The minimum Gasteiger partial charge on any atom is -0.359 e. The van der Waals surface area contributed by atoms with Crippen molar-refractivity contribution in [2.24, 2.45) is 7.05 Å². The number of nitrogens with zero attached hydrogens (tertiary/aromatic N) is 4. The maximum atomic E-state index is 11.8. The average molecular weight is 282 g/mol. The number of carbonyl (C=O) groups is 2. The van der Waals surface area contributed by atoms with E-state index in [0.29, 0.717) is 32.4 Å². The van der Waals surface area contributed by atoms with Gasteiger partial charge in [-0.15, -0.1) is 0 Å². The van der Waals surface area contributed by atoms with Crippen LogP contribution in [0.5, 0.6) is 0 Å². The van der Waals surface area contributed by atoms with Crippen LogP contribution in [0.3, 0.4) is 0 Å². The van der Waals surface area contributed by atoms with E-state index in [4.69, 9.17) is 0 Å². The van der Waals surface area contributed by atoms with E-state index in [9.17, 15) is 9.59 Å². The standard InChI is InChI=1S/C12H22N6O2/c1-13-11(19)5-4-8-17(2)12(20)14-7-6-10-15-9-16-18(10)3/h9H,4-8H2,1-3H3,(H,13,19)(H,14,20). The highest BCUT2D eigenvalue weighted by Gasteiger charge is 2.09. The third-order valence-corrected chi connectivity index (χ3v) is 2.95. The van der Waals surface area contributed by atoms with Gasteiger partial charge in [0.2, 0.25) is 5.91 Å².